The number of anilines is 1. The molecule has 1 unspecified atom stereocenters. The summed E-state index contributed by atoms with van der Waals surface area (Å²) in [6.45, 7) is 1.21. The molecule has 0 saturated carbocycles. The second kappa shape index (κ2) is 11.3. The molecule has 5 rings (SSSR count). The fraction of sp³-hybridized carbons (Fsp3) is 0.160. The molecule has 0 bridgehead atoms. The van der Waals surface area contributed by atoms with Crippen molar-refractivity contribution < 1.29 is 18.7 Å². The number of amides is 2. The van der Waals surface area contributed by atoms with Gasteiger partial charge in [0, 0.05) is 28.7 Å². The predicted molar refractivity (Wildman–Crippen MR) is 144 cm³/mol. The maximum absolute atomic E-state index is 13.4. The van der Waals surface area contributed by atoms with Gasteiger partial charge in [0.15, 0.2) is 0 Å². The Balaban J connectivity index is 1.36. The Morgan fingerprint density at radius 3 is 2.89 bits per heavy atom. The van der Waals surface area contributed by atoms with Crippen LogP contribution in [0.5, 0.6) is 6.01 Å². The number of primary amides is 1. The smallest absolute Gasteiger partial charge is 0.354 e. The number of rotatable bonds is 7. The van der Waals surface area contributed by atoms with E-state index >= 15 is 0 Å². The van der Waals surface area contributed by atoms with Crippen LogP contribution in [0.25, 0.3) is 22.0 Å². The lowest BCUT2D eigenvalue weighted by Gasteiger charge is -2.16. The normalized spacial score (nSPS) is 15.2. The van der Waals surface area contributed by atoms with E-state index in [2.05, 4.69) is 41.4 Å². The molecular weight excluding hydrogens is 581 g/mol. The number of aromatic nitrogens is 3. The van der Waals surface area contributed by atoms with Crippen LogP contribution in [0.2, 0.25) is 5.02 Å². The number of fused-ring (bicyclic) bond motifs is 1. The highest BCUT2D eigenvalue weighted by molar-refractivity contribution is 9.10. The van der Waals surface area contributed by atoms with E-state index in [0.29, 0.717) is 30.6 Å². The second-order valence-electron chi connectivity index (χ2n) is 8.25. The van der Waals surface area contributed by atoms with Crippen LogP contribution in [-0.4, -0.2) is 51.6 Å². The van der Waals surface area contributed by atoms with Gasteiger partial charge >= 0.3 is 12.0 Å². The number of nitrogens with one attached hydrogen (secondary N) is 1. The molecule has 2 amide bonds. The van der Waals surface area contributed by atoms with Crippen LogP contribution < -0.4 is 15.9 Å². The van der Waals surface area contributed by atoms with Crippen molar-refractivity contribution in [2.75, 3.05) is 18.6 Å². The Kier molecular flexibility index (Phi) is 7.63. The van der Waals surface area contributed by atoms with Crippen molar-refractivity contribution in [2.24, 2.45) is 10.8 Å². The summed E-state index contributed by atoms with van der Waals surface area (Å²) < 4.78 is 25.3. The molecule has 38 heavy (non-hydrogen) atoms. The number of carbonyl (C=O) groups is 1. The van der Waals surface area contributed by atoms with Crippen LogP contribution >= 0.6 is 27.5 Å². The minimum Gasteiger partial charge on any atom is -0.458 e. The van der Waals surface area contributed by atoms with E-state index in [1.165, 1.54) is 18.3 Å². The molecule has 3 heterocycles. The monoisotopic (exact) mass is 599 g/mol. The van der Waals surface area contributed by atoms with Gasteiger partial charge < -0.3 is 15.2 Å². The summed E-state index contributed by atoms with van der Waals surface area (Å²) in [6, 6.07) is 10.8. The van der Waals surface area contributed by atoms with Crippen LogP contribution in [0.1, 0.15) is 12.1 Å². The van der Waals surface area contributed by atoms with Crippen molar-refractivity contribution >= 4 is 56.4 Å². The van der Waals surface area contributed by atoms with Gasteiger partial charge in [0.05, 0.1) is 41.3 Å². The van der Waals surface area contributed by atoms with Crippen molar-refractivity contribution in [1.29, 1.82) is 0 Å². The molecule has 1 atom stereocenters. The Morgan fingerprint density at radius 2 is 2.13 bits per heavy atom. The molecule has 1 aliphatic heterocycles. The molecule has 1 aliphatic rings. The third-order valence-electron chi connectivity index (χ3n) is 5.57. The molecule has 1 fully saturated rings. The van der Waals surface area contributed by atoms with Crippen LogP contribution in [-0.2, 0) is 4.74 Å². The lowest BCUT2D eigenvalue weighted by Crippen LogP contribution is -2.36. The maximum Gasteiger partial charge on any atom is 0.354 e. The first-order valence-electron chi connectivity index (χ1n) is 11.4. The van der Waals surface area contributed by atoms with E-state index in [-0.39, 0.29) is 11.1 Å². The number of ether oxygens (including phenoxy) is 2. The topological polar surface area (TPSA) is 128 Å². The highest BCUT2D eigenvalue weighted by atomic mass is 79.9. The third kappa shape index (κ3) is 5.98. The Bertz CT molecular complexity index is 1530. The molecule has 1 saturated heterocycles. The molecule has 10 nitrogen and oxygen atoms in total. The average molecular weight is 601 g/mol. The number of hydrazone groups is 1. The van der Waals surface area contributed by atoms with Crippen LogP contribution in [0, 0.1) is 5.82 Å². The summed E-state index contributed by atoms with van der Waals surface area (Å²) in [6.07, 6.45) is 5.48. The van der Waals surface area contributed by atoms with Crippen LogP contribution in [0.3, 0.4) is 0 Å². The number of halogens is 3. The number of hydrazine groups is 1. The zero-order chi connectivity index (χ0) is 26.6. The van der Waals surface area contributed by atoms with E-state index in [4.69, 9.17) is 26.8 Å². The van der Waals surface area contributed by atoms with Crippen molar-refractivity contribution in [3.8, 4) is 17.1 Å². The number of nitrogens with two attached hydrogens (primary N) is 1. The Hall–Kier alpha value is -3.87. The fourth-order valence-electron chi connectivity index (χ4n) is 3.69. The highest BCUT2D eigenvalue weighted by Crippen LogP contribution is 2.30. The van der Waals surface area contributed by atoms with Gasteiger partial charge in [-0.05, 0) is 63.5 Å². The summed E-state index contributed by atoms with van der Waals surface area (Å²) in [5.41, 5.74) is 11.3. The van der Waals surface area contributed by atoms with Gasteiger partial charge in [-0.15, -0.1) is 5.12 Å². The number of pyridine rings is 1. The quantitative estimate of drug-likeness (QED) is 0.222. The first kappa shape index (κ1) is 25.8. The van der Waals surface area contributed by atoms with E-state index in [1.807, 2.05) is 18.2 Å². The van der Waals surface area contributed by atoms with Gasteiger partial charge in [-0.1, -0.05) is 17.7 Å². The van der Waals surface area contributed by atoms with Crippen molar-refractivity contribution in [2.45, 2.75) is 12.5 Å². The largest absolute Gasteiger partial charge is 0.458 e. The van der Waals surface area contributed by atoms with Crippen LogP contribution in [0.15, 0.2) is 64.4 Å². The average Bonchev–Trinajstić information content (AvgIpc) is 3.42. The summed E-state index contributed by atoms with van der Waals surface area (Å²) in [5.74, 6) is -0.592. The zero-order valence-corrected chi connectivity index (χ0v) is 22.0. The van der Waals surface area contributed by atoms with Crippen LogP contribution in [0.4, 0.5) is 14.9 Å². The minimum absolute atomic E-state index is 0.0336. The number of nitrogens with zero attached hydrogens (tertiary/aromatic N) is 5. The SMILES string of the molecule is NC(=O)N(/N=C/c1cc(-c2ccc3nc(OC4CCOC4)ncc3c2)c(Br)cn1)Nc1ccc(F)c(Cl)c1. The number of hydrogen-bond acceptors (Lipinski definition) is 8. The molecule has 0 radical (unpaired) electrons. The minimum atomic E-state index is -0.891. The molecule has 0 spiro atoms. The first-order chi connectivity index (χ1) is 18.4. The van der Waals surface area contributed by atoms with E-state index in [0.717, 1.165) is 44.1 Å². The van der Waals surface area contributed by atoms with Gasteiger partial charge in [-0.2, -0.15) is 10.1 Å². The number of benzene rings is 2. The van der Waals surface area contributed by atoms with Gasteiger partial charge in [0.25, 0.3) is 0 Å². The number of urea groups is 1. The summed E-state index contributed by atoms with van der Waals surface area (Å²) in [4.78, 5) is 25.0. The van der Waals surface area contributed by atoms with Gasteiger partial charge in [0.1, 0.15) is 11.9 Å². The lowest BCUT2D eigenvalue weighted by atomic mass is 10.0. The standard InChI is InChI=1S/C25H20BrClFN7O3/c26-20-12-30-17(11-32-35(24(29)36)34-16-2-3-22(28)21(27)9-16)8-19(20)14-1-4-23-15(7-14)10-31-25(33-23)38-18-5-6-37-13-18/h1-4,7-12,18,34H,5-6,13H2,(H2,29,36)/b32-11+. The van der Waals surface area contributed by atoms with Gasteiger partial charge in [-0.25, -0.2) is 14.2 Å². The van der Waals surface area contributed by atoms with Crippen molar-refractivity contribution in [1.82, 2.24) is 20.1 Å². The highest BCUT2D eigenvalue weighted by Gasteiger charge is 2.18. The number of carbonyl (C=O) groups excluding carboxylic acids is 1. The molecule has 4 aromatic rings. The number of hydrogen-bond donors (Lipinski definition) is 2. The zero-order valence-electron chi connectivity index (χ0n) is 19.6. The van der Waals surface area contributed by atoms with E-state index in [9.17, 15) is 9.18 Å². The molecule has 3 N–H and O–H groups in total. The molecule has 2 aromatic heterocycles. The van der Waals surface area contributed by atoms with Gasteiger partial charge in [0.2, 0.25) is 0 Å². The van der Waals surface area contributed by atoms with Crippen molar-refractivity contribution in [3.63, 3.8) is 0 Å². The Labute approximate surface area is 229 Å². The fourth-order valence-corrected chi connectivity index (χ4v) is 4.31. The van der Waals surface area contributed by atoms with E-state index < -0.39 is 11.8 Å². The summed E-state index contributed by atoms with van der Waals surface area (Å²) in [7, 11) is 0. The molecule has 194 valence electrons. The van der Waals surface area contributed by atoms with E-state index in [1.54, 1.807) is 18.5 Å². The van der Waals surface area contributed by atoms with Crippen molar-refractivity contribution in [3.05, 3.63) is 75.9 Å². The third-order valence-corrected chi connectivity index (χ3v) is 6.50. The maximum atomic E-state index is 13.4. The first-order valence-corrected chi connectivity index (χ1v) is 12.6. The molecule has 13 heteroatoms. The second-order valence-corrected chi connectivity index (χ2v) is 9.52. The Morgan fingerprint density at radius 1 is 1.26 bits per heavy atom. The predicted octanol–water partition coefficient (Wildman–Crippen LogP) is 5.16. The summed E-state index contributed by atoms with van der Waals surface area (Å²) in [5, 5.41) is 5.58. The molecule has 2 aromatic carbocycles. The molecular formula is C25H20BrClFN7O3. The molecule has 0 aliphatic carbocycles. The summed E-state index contributed by atoms with van der Waals surface area (Å²) >= 11 is 9.34. The van der Waals surface area contributed by atoms with Gasteiger partial charge in [-0.3, -0.25) is 10.4 Å². The lowest BCUT2D eigenvalue weighted by molar-refractivity contribution is 0.134.